The van der Waals surface area contributed by atoms with E-state index in [0.717, 1.165) is 4.31 Å². The summed E-state index contributed by atoms with van der Waals surface area (Å²) in [7, 11) is -6.07. The van der Waals surface area contributed by atoms with Crippen LogP contribution in [0.2, 0.25) is 10.0 Å². The number of hydrogen-bond donors (Lipinski definition) is 0. The van der Waals surface area contributed by atoms with Crippen LogP contribution in [0.25, 0.3) is 0 Å². The second-order valence-electron chi connectivity index (χ2n) is 5.74. The first-order valence-corrected chi connectivity index (χ1v) is 11.2. The second-order valence-corrected chi connectivity index (χ2v) is 10.7. The van der Waals surface area contributed by atoms with E-state index in [9.17, 15) is 16.8 Å². The average Bonchev–Trinajstić information content (AvgIpc) is 2.55. The van der Waals surface area contributed by atoms with Crippen LogP contribution in [-0.4, -0.2) is 46.6 Å². The number of halogens is 2. The summed E-state index contributed by atoms with van der Waals surface area (Å²) in [6.07, 6.45) is 0. The average molecular weight is 436 g/mol. The molecule has 0 aliphatic carbocycles. The molecule has 0 aromatic heterocycles. The molecule has 1 aliphatic heterocycles. The molecule has 1 heterocycles. The predicted octanol–water partition coefficient (Wildman–Crippen LogP) is 2.85. The topological polar surface area (TPSA) is 80.8 Å². The zero-order valence-electron chi connectivity index (χ0n) is 13.6. The van der Waals surface area contributed by atoms with Gasteiger partial charge in [-0.2, -0.15) is 4.31 Å². The van der Waals surface area contributed by atoms with E-state index in [-0.39, 0.29) is 32.9 Å². The predicted molar refractivity (Wildman–Crippen MR) is 99.2 cm³/mol. The molecule has 2 aromatic carbocycles. The molecular weight excluding hydrogens is 421 g/mol. The molecule has 1 aliphatic rings. The molecule has 0 unspecified atom stereocenters. The summed E-state index contributed by atoms with van der Waals surface area (Å²) in [6, 6.07) is 10.1. The Morgan fingerprint density at radius 3 is 2.19 bits per heavy atom. The first-order valence-electron chi connectivity index (χ1n) is 7.49. The molecule has 0 amide bonds. The van der Waals surface area contributed by atoms with Crippen LogP contribution in [0.15, 0.2) is 52.3 Å². The summed E-state index contributed by atoms with van der Waals surface area (Å²) >= 11 is 11.8. The highest BCUT2D eigenvalue weighted by Gasteiger charge is 2.44. The first kappa shape index (κ1) is 19.4. The number of sulfone groups is 1. The van der Waals surface area contributed by atoms with Gasteiger partial charge in [-0.25, -0.2) is 16.8 Å². The maximum absolute atomic E-state index is 12.7. The van der Waals surface area contributed by atoms with E-state index in [1.54, 1.807) is 12.1 Å². The van der Waals surface area contributed by atoms with Crippen LogP contribution in [0.4, 0.5) is 0 Å². The van der Waals surface area contributed by atoms with Gasteiger partial charge in [-0.15, -0.1) is 0 Å². The summed E-state index contributed by atoms with van der Waals surface area (Å²) in [5, 5.41) is -0.546. The van der Waals surface area contributed by atoms with Crippen molar-refractivity contribution in [1.29, 1.82) is 0 Å². The van der Waals surface area contributed by atoms with Gasteiger partial charge >= 0.3 is 0 Å². The molecule has 0 spiro atoms. The van der Waals surface area contributed by atoms with Crippen molar-refractivity contribution in [2.24, 2.45) is 0 Å². The zero-order valence-corrected chi connectivity index (χ0v) is 16.7. The third kappa shape index (κ3) is 3.44. The SMILES string of the molecule is COc1ccc(S(=O)(=O)C2CN(S(=O)(=O)c3cc(Cl)ccc3Cl)C2)cc1. The third-order valence-corrected chi connectivity index (χ3v) is 8.81. The van der Waals surface area contributed by atoms with Gasteiger partial charge in [0.1, 0.15) is 10.6 Å². The van der Waals surface area contributed by atoms with E-state index < -0.39 is 25.1 Å². The van der Waals surface area contributed by atoms with Crippen molar-refractivity contribution in [1.82, 2.24) is 4.31 Å². The fraction of sp³-hybridized carbons (Fsp3) is 0.250. The lowest BCUT2D eigenvalue weighted by molar-refractivity contribution is 0.309. The van der Waals surface area contributed by atoms with Gasteiger partial charge in [0, 0.05) is 18.1 Å². The molecule has 26 heavy (non-hydrogen) atoms. The van der Waals surface area contributed by atoms with Gasteiger partial charge in [0.2, 0.25) is 10.0 Å². The fourth-order valence-electron chi connectivity index (χ4n) is 2.57. The van der Waals surface area contributed by atoms with Crippen LogP contribution in [0, 0.1) is 0 Å². The Hall–Kier alpha value is -1.32. The molecule has 0 saturated carbocycles. The van der Waals surface area contributed by atoms with Crippen LogP contribution in [0.3, 0.4) is 0 Å². The Morgan fingerprint density at radius 1 is 1.00 bits per heavy atom. The Kier molecular flexibility index (Phi) is 5.24. The Balaban J connectivity index is 1.80. The summed E-state index contributed by atoms with van der Waals surface area (Å²) in [6.45, 7) is -0.279. The highest BCUT2D eigenvalue weighted by molar-refractivity contribution is 7.92. The number of hydrogen-bond acceptors (Lipinski definition) is 5. The molecule has 0 atom stereocenters. The summed E-state index contributed by atoms with van der Waals surface area (Å²) < 4.78 is 56.7. The lowest BCUT2D eigenvalue weighted by atomic mass is 10.3. The molecule has 3 rings (SSSR count). The number of methoxy groups -OCH3 is 1. The van der Waals surface area contributed by atoms with E-state index in [4.69, 9.17) is 27.9 Å². The van der Waals surface area contributed by atoms with Crippen LogP contribution in [0.5, 0.6) is 5.75 Å². The van der Waals surface area contributed by atoms with Crippen molar-refractivity contribution in [3.63, 3.8) is 0 Å². The monoisotopic (exact) mass is 435 g/mol. The highest BCUT2D eigenvalue weighted by Crippen LogP contribution is 2.33. The molecule has 1 fully saturated rings. The fourth-order valence-corrected chi connectivity index (χ4v) is 6.67. The summed E-state index contributed by atoms with van der Waals surface area (Å²) in [5.74, 6) is 0.539. The maximum atomic E-state index is 12.7. The minimum atomic E-state index is -3.91. The number of benzene rings is 2. The molecule has 1 saturated heterocycles. The van der Waals surface area contributed by atoms with E-state index >= 15 is 0 Å². The van der Waals surface area contributed by atoms with Gasteiger partial charge in [-0.1, -0.05) is 23.2 Å². The number of ether oxygens (including phenoxy) is 1. The molecular formula is C16H15Cl2NO5S2. The standard InChI is InChI=1S/C16H15Cl2NO5S2/c1-24-12-3-5-13(6-4-12)25(20,21)14-9-19(10-14)26(22,23)16-8-11(17)2-7-15(16)18/h2-8,14H,9-10H2,1H3. The number of nitrogens with zero attached hydrogens (tertiary/aromatic N) is 1. The smallest absolute Gasteiger partial charge is 0.244 e. The Labute approximate surface area is 162 Å². The van der Waals surface area contributed by atoms with E-state index in [1.807, 2.05) is 0 Å². The van der Waals surface area contributed by atoms with E-state index in [2.05, 4.69) is 0 Å². The second kappa shape index (κ2) is 7.01. The van der Waals surface area contributed by atoms with Gasteiger partial charge in [-0.3, -0.25) is 0 Å². The molecule has 2 aromatic rings. The van der Waals surface area contributed by atoms with Crippen molar-refractivity contribution in [3.05, 3.63) is 52.5 Å². The summed E-state index contributed by atoms with van der Waals surface area (Å²) in [5.41, 5.74) is 0. The van der Waals surface area contributed by atoms with Crippen molar-refractivity contribution in [3.8, 4) is 5.75 Å². The molecule has 10 heteroatoms. The van der Waals surface area contributed by atoms with Crippen molar-refractivity contribution < 1.29 is 21.6 Å². The van der Waals surface area contributed by atoms with Gasteiger partial charge in [0.15, 0.2) is 9.84 Å². The summed E-state index contributed by atoms with van der Waals surface area (Å²) in [4.78, 5) is -0.00639. The Morgan fingerprint density at radius 2 is 1.62 bits per heavy atom. The van der Waals surface area contributed by atoms with Gasteiger partial charge in [0.05, 0.1) is 22.3 Å². The quantitative estimate of drug-likeness (QED) is 0.720. The number of rotatable bonds is 5. The van der Waals surface area contributed by atoms with Gasteiger partial charge < -0.3 is 4.74 Å². The van der Waals surface area contributed by atoms with Crippen molar-refractivity contribution >= 4 is 43.1 Å². The normalized spacial score (nSPS) is 16.3. The molecule has 6 nitrogen and oxygen atoms in total. The van der Waals surface area contributed by atoms with E-state index in [1.165, 1.54) is 37.4 Å². The Bertz CT molecular complexity index is 1030. The molecule has 0 bridgehead atoms. The van der Waals surface area contributed by atoms with Crippen molar-refractivity contribution in [2.75, 3.05) is 20.2 Å². The third-order valence-electron chi connectivity index (χ3n) is 4.15. The van der Waals surface area contributed by atoms with Gasteiger partial charge in [-0.05, 0) is 42.5 Å². The van der Waals surface area contributed by atoms with Crippen LogP contribution in [-0.2, 0) is 19.9 Å². The van der Waals surface area contributed by atoms with E-state index in [0.29, 0.717) is 5.75 Å². The molecule has 0 N–H and O–H groups in total. The largest absolute Gasteiger partial charge is 0.497 e. The molecule has 140 valence electrons. The minimum absolute atomic E-state index is 0.0378. The first-order chi connectivity index (χ1) is 12.2. The zero-order chi connectivity index (χ0) is 19.1. The molecule has 0 radical (unpaired) electrons. The highest BCUT2D eigenvalue weighted by atomic mass is 35.5. The minimum Gasteiger partial charge on any atom is -0.497 e. The lowest BCUT2D eigenvalue weighted by Gasteiger charge is -2.37. The lowest BCUT2D eigenvalue weighted by Crippen LogP contribution is -2.56. The maximum Gasteiger partial charge on any atom is 0.244 e. The van der Waals surface area contributed by atoms with Crippen LogP contribution >= 0.6 is 23.2 Å². The van der Waals surface area contributed by atoms with Crippen LogP contribution in [0.1, 0.15) is 0 Å². The van der Waals surface area contributed by atoms with Crippen LogP contribution < -0.4 is 4.74 Å². The van der Waals surface area contributed by atoms with Crippen molar-refractivity contribution in [2.45, 2.75) is 15.0 Å². The number of sulfonamides is 1. The van der Waals surface area contributed by atoms with Gasteiger partial charge in [0.25, 0.3) is 0 Å².